The molecule has 0 radical (unpaired) electrons. The molecule has 0 aliphatic carbocycles. The predicted molar refractivity (Wildman–Crippen MR) is 96.1 cm³/mol. The maximum atomic E-state index is 12.4. The number of hydrogen-bond donors (Lipinski definition) is 1. The molecule has 1 aliphatic rings. The number of rotatable bonds is 5. The largest absolute Gasteiger partial charge is 0.459 e. The smallest absolute Gasteiger partial charge is 0.355 e. The number of aromatic amines is 1. The van der Waals surface area contributed by atoms with Crippen LogP contribution in [0, 0.1) is 19.8 Å². The maximum absolute atomic E-state index is 12.4. The van der Waals surface area contributed by atoms with Crippen LogP contribution in [0.4, 0.5) is 0 Å². The number of hydrogen-bond acceptors (Lipinski definition) is 5. The molecule has 1 N–H and O–H groups in total. The first-order valence-corrected chi connectivity index (χ1v) is 9.05. The first-order chi connectivity index (χ1) is 12.2. The average Bonchev–Trinajstić information content (AvgIpc) is 2.86. The Hall–Kier alpha value is -2.31. The first kappa shape index (κ1) is 20.0. The highest BCUT2D eigenvalue weighted by Crippen LogP contribution is 2.21. The third-order valence-corrected chi connectivity index (χ3v) is 4.52. The second-order valence-corrected chi connectivity index (χ2v) is 7.24. The zero-order valence-electron chi connectivity index (χ0n) is 16.2. The van der Waals surface area contributed by atoms with E-state index >= 15 is 0 Å². The third-order valence-electron chi connectivity index (χ3n) is 4.52. The van der Waals surface area contributed by atoms with Crippen LogP contribution in [0.15, 0.2) is 0 Å². The first-order valence-electron chi connectivity index (χ1n) is 9.05. The van der Waals surface area contributed by atoms with Gasteiger partial charge in [0.15, 0.2) is 6.61 Å². The zero-order chi connectivity index (χ0) is 19.4. The molecule has 0 aromatic carbocycles. The van der Waals surface area contributed by atoms with E-state index in [-0.39, 0.29) is 24.3 Å². The number of carbonyl (C=O) groups excluding carboxylic acids is 3. The van der Waals surface area contributed by atoms with Gasteiger partial charge in [-0.05, 0) is 52.0 Å². The highest BCUT2D eigenvalue weighted by molar-refractivity contribution is 5.99. The molecule has 1 saturated heterocycles. The zero-order valence-corrected chi connectivity index (χ0v) is 16.2. The fourth-order valence-electron chi connectivity index (χ4n) is 3.24. The standard InChI is InChI=1S/C19H28N2O5/c1-11(2)26-18(23)16-13(4)17(20-14(16)5)19(24)25-10-15(22)21-8-6-7-12(3)9-21/h11-12,20H,6-10H2,1-5H3/t12-/m1/s1. The molecular weight excluding hydrogens is 336 g/mol. The summed E-state index contributed by atoms with van der Waals surface area (Å²) in [6, 6.07) is 0. The lowest BCUT2D eigenvalue weighted by molar-refractivity contribution is -0.136. The van der Waals surface area contributed by atoms with Gasteiger partial charge in [0.25, 0.3) is 5.91 Å². The quantitative estimate of drug-likeness (QED) is 0.811. The van der Waals surface area contributed by atoms with Crippen molar-refractivity contribution in [3.63, 3.8) is 0 Å². The Labute approximate surface area is 154 Å². The van der Waals surface area contributed by atoms with Crippen molar-refractivity contribution in [1.29, 1.82) is 0 Å². The summed E-state index contributed by atoms with van der Waals surface area (Å²) in [7, 11) is 0. The lowest BCUT2D eigenvalue weighted by Crippen LogP contribution is -2.41. The average molecular weight is 364 g/mol. The molecule has 7 heteroatoms. The molecule has 144 valence electrons. The topological polar surface area (TPSA) is 88.7 Å². The number of esters is 2. The molecular formula is C19H28N2O5. The van der Waals surface area contributed by atoms with Crippen molar-refractivity contribution in [2.75, 3.05) is 19.7 Å². The van der Waals surface area contributed by atoms with Gasteiger partial charge in [0.2, 0.25) is 0 Å². The highest BCUT2D eigenvalue weighted by Gasteiger charge is 2.26. The van der Waals surface area contributed by atoms with Gasteiger partial charge in [-0.1, -0.05) is 6.92 Å². The van der Waals surface area contributed by atoms with Crippen LogP contribution in [-0.4, -0.2) is 53.5 Å². The van der Waals surface area contributed by atoms with Crippen molar-refractivity contribution >= 4 is 17.8 Å². The molecule has 0 bridgehead atoms. The van der Waals surface area contributed by atoms with Gasteiger partial charge < -0.3 is 19.4 Å². The van der Waals surface area contributed by atoms with Crippen molar-refractivity contribution in [2.24, 2.45) is 5.92 Å². The molecule has 1 amide bonds. The van der Waals surface area contributed by atoms with Crippen LogP contribution in [0.3, 0.4) is 0 Å². The van der Waals surface area contributed by atoms with Gasteiger partial charge in [-0.3, -0.25) is 4.79 Å². The summed E-state index contributed by atoms with van der Waals surface area (Å²) in [6.45, 7) is 10.1. The van der Waals surface area contributed by atoms with Gasteiger partial charge >= 0.3 is 11.9 Å². The van der Waals surface area contributed by atoms with Crippen molar-refractivity contribution in [2.45, 2.75) is 53.6 Å². The molecule has 26 heavy (non-hydrogen) atoms. The number of carbonyl (C=O) groups is 3. The van der Waals surface area contributed by atoms with Crippen LogP contribution < -0.4 is 0 Å². The van der Waals surface area contributed by atoms with E-state index in [9.17, 15) is 14.4 Å². The molecule has 1 fully saturated rings. The van der Waals surface area contributed by atoms with Crippen molar-refractivity contribution in [3.05, 3.63) is 22.5 Å². The van der Waals surface area contributed by atoms with Gasteiger partial charge in [-0.15, -0.1) is 0 Å². The molecule has 2 rings (SSSR count). The second kappa shape index (κ2) is 8.38. The molecule has 0 spiro atoms. The van der Waals surface area contributed by atoms with Crippen LogP contribution in [0.2, 0.25) is 0 Å². The van der Waals surface area contributed by atoms with Gasteiger partial charge in [-0.25, -0.2) is 9.59 Å². The number of aryl methyl sites for hydroxylation is 1. The van der Waals surface area contributed by atoms with Crippen LogP contribution in [0.25, 0.3) is 0 Å². The van der Waals surface area contributed by atoms with Gasteiger partial charge in [0.1, 0.15) is 5.69 Å². The van der Waals surface area contributed by atoms with E-state index in [4.69, 9.17) is 9.47 Å². The van der Waals surface area contributed by atoms with Crippen molar-refractivity contribution in [1.82, 2.24) is 9.88 Å². The third kappa shape index (κ3) is 4.65. The number of H-pyrrole nitrogens is 1. The minimum Gasteiger partial charge on any atom is -0.459 e. The summed E-state index contributed by atoms with van der Waals surface area (Å²) in [5.74, 6) is -0.854. The lowest BCUT2D eigenvalue weighted by Gasteiger charge is -2.30. The Morgan fingerprint density at radius 2 is 1.92 bits per heavy atom. The number of likely N-dealkylation sites (tertiary alicyclic amines) is 1. The van der Waals surface area contributed by atoms with Crippen molar-refractivity contribution in [3.8, 4) is 0 Å². The van der Waals surface area contributed by atoms with E-state index in [1.54, 1.807) is 32.6 Å². The second-order valence-electron chi connectivity index (χ2n) is 7.24. The number of piperidine rings is 1. The molecule has 7 nitrogen and oxygen atoms in total. The summed E-state index contributed by atoms with van der Waals surface area (Å²) < 4.78 is 10.4. The summed E-state index contributed by atoms with van der Waals surface area (Å²) >= 11 is 0. The maximum Gasteiger partial charge on any atom is 0.355 e. The molecule has 2 heterocycles. The number of aromatic nitrogens is 1. The Morgan fingerprint density at radius 3 is 2.54 bits per heavy atom. The number of nitrogens with one attached hydrogen (secondary N) is 1. The van der Waals surface area contributed by atoms with E-state index in [2.05, 4.69) is 11.9 Å². The molecule has 1 aromatic rings. The van der Waals surface area contributed by atoms with Crippen molar-refractivity contribution < 1.29 is 23.9 Å². The monoisotopic (exact) mass is 364 g/mol. The van der Waals surface area contributed by atoms with E-state index in [0.29, 0.717) is 35.8 Å². The van der Waals surface area contributed by atoms with E-state index in [1.165, 1.54) is 0 Å². The minimum absolute atomic E-state index is 0.179. The van der Waals surface area contributed by atoms with Gasteiger partial charge in [0, 0.05) is 18.8 Å². The summed E-state index contributed by atoms with van der Waals surface area (Å²) in [6.07, 6.45) is 1.83. The van der Waals surface area contributed by atoms with E-state index in [0.717, 1.165) is 12.8 Å². The van der Waals surface area contributed by atoms with Gasteiger partial charge in [0.05, 0.1) is 11.7 Å². The Morgan fingerprint density at radius 1 is 1.23 bits per heavy atom. The predicted octanol–water partition coefficient (Wildman–Crippen LogP) is 2.61. The normalized spacial score (nSPS) is 17.3. The molecule has 1 aliphatic heterocycles. The fraction of sp³-hybridized carbons (Fsp3) is 0.632. The van der Waals surface area contributed by atoms with Crippen LogP contribution >= 0.6 is 0 Å². The number of ether oxygens (including phenoxy) is 2. The fourth-order valence-corrected chi connectivity index (χ4v) is 3.24. The molecule has 1 atom stereocenters. The van der Waals surface area contributed by atoms with Gasteiger partial charge in [-0.2, -0.15) is 0 Å². The Balaban J connectivity index is 2.01. The Bertz CT molecular complexity index is 692. The van der Waals surface area contributed by atoms with Crippen LogP contribution in [0.1, 0.15) is 65.7 Å². The minimum atomic E-state index is -0.646. The van der Waals surface area contributed by atoms with Crippen LogP contribution in [0.5, 0.6) is 0 Å². The molecule has 0 saturated carbocycles. The summed E-state index contributed by atoms with van der Waals surface area (Å²) in [5.41, 5.74) is 1.52. The van der Waals surface area contributed by atoms with E-state index < -0.39 is 11.9 Å². The molecule has 0 unspecified atom stereocenters. The summed E-state index contributed by atoms with van der Waals surface area (Å²) in [5, 5.41) is 0. The summed E-state index contributed by atoms with van der Waals surface area (Å²) in [4.78, 5) is 41.4. The SMILES string of the molecule is Cc1[nH]c(C(=O)OCC(=O)N2CCC[C@@H](C)C2)c(C)c1C(=O)OC(C)C. The Kier molecular flexibility index (Phi) is 6.45. The van der Waals surface area contributed by atoms with Crippen LogP contribution in [-0.2, 0) is 14.3 Å². The lowest BCUT2D eigenvalue weighted by atomic mass is 10.0. The number of nitrogens with zero attached hydrogens (tertiary/aromatic N) is 1. The highest BCUT2D eigenvalue weighted by atomic mass is 16.5. The number of amides is 1. The van der Waals surface area contributed by atoms with E-state index in [1.807, 2.05) is 0 Å². The molecule has 1 aromatic heterocycles.